The SMILES string of the molecule is CC(C)(C)OCC1(N)CCCCC1. The van der Waals surface area contributed by atoms with Gasteiger partial charge in [0.2, 0.25) is 0 Å². The number of hydrogen-bond acceptors (Lipinski definition) is 2. The first-order chi connectivity index (χ1) is 5.91. The Morgan fingerprint density at radius 2 is 1.69 bits per heavy atom. The van der Waals surface area contributed by atoms with Gasteiger partial charge in [-0.25, -0.2) is 0 Å². The average molecular weight is 185 g/mol. The molecule has 0 aliphatic heterocycles. The fourth-order valence-electron chi connectivity index (χ4n) is 1.76. The second-order valence-electron chi connectivity index (χ2n) is 5.32. The summed E-state index contributed by atoms with van der Waals surface area (Å²) in [5.74, 6) is 0. The van der Waals surface area contributed by atoms with E-state index in [9.17, 15) is 0 Å². The summed E-state index contributed by atoms with van der Waals surface area (Å²) >= 11 is 0. The van der Waals surface area contributed by atoms with Gasteiger partial charge in [0.15, 0.2) is 0 Å². The highest BCUT2D eigenvalue weighted by molar-refractivity contribution is 4.87. The lowest BCUT2D eigenvalue weighted by Crippen LogP contribution is -2.47. The lowest BCUT2D eigenvalue weighted by molar-refractivity contribution is -0.0361. The molecule has 0 atom stereocenters. The van der Waals surface area contributed by atoms with Crippen molar-refractivity contribution in [3.05, 3.63) is 0 Å². The summed E-state index contributed by atoms with van der Waals surface area (Å²) in [4.78, 5) is 0. The zero-order valence-corrected chi connectivity index (χ0v) is 9.23. The van der Waals surface area contributed by atoms with Crippen molar-refractivity contribution in [1.82, 2.24) is 0 Å². The van der Waals surface area contributed by atoms with Gasteiger partial charge in [0.1, 0.15) is 0 Å². The van der Waals surface area contributed by atoms with Gasteiger partial charge in [-0.1, -0.05) is 19.3 Å². The first-order valence-corrected chi connectivity index (χ1v) is 5.34. The predicted octanol–water partition coefficient (Wildman–Crippen LogP) is 2.46. The molecule has 1 aliphatic rings. The van der Waals surface area contributed by atoms with Crippen LogP contribution in [0.25, 0.3) is 0 Å². The minimum absolute atomic E-state index is 0.0362. The van der Waals surface area contributed by atoms with Gasteiger partial charge in [0.05, 0.1) is 12.2 Å². The lowest BCUT2D eigenvalue weighted by atomic mass is 9.83. The number of rotatable bonds is 2. The molecule has 2 nitrogen and oxygen atoms in total. The van der Waals surface area contributed by atoms with Crippen molar-refractivity contribution in [3.8, 4) is 0 Å². The Hall–Kier alpha value is -0.0800. The van der Waals surface area contributed by atoms with E-state index in [1.54, 1.807) is 0 Å². The minimum Gasteiger partial charge on any atom is -0.374 e. The van der Waals surface area contributed by atoms with E-state index >= 15 is 0 Å². The van der Waals surface area contributed by atoms with Crippen molar-refractivity contribution in [1.29, 1.82) is 0 Å². The molecule has 2 N–H and O–H groups in total. The fraction of sp³-hybridized carbons (Fsp3) is 1.00. The maximum Gasteiger partial charge on any atom is 0.0653 e. The monoisotopic (exact) mass is 185 g/mol. The van der Waals surface area contributed by atoms with Gasteiger partial charge in [-0.2, -0.15) is 0 Å². The quantitative estimate of drug-likeness (QED) is 0.717. The maximum atomic E-state index is 6.24. The van der Waals surface area contributed by atoms with Gasteiger partial charge < -0.3 is 10.5 Å². The van der Waals surface area contributed by atoms with Crippen LogP contribution in [0.4, 0.5) is 0 Å². The van der Waals surface area contributed by atoms with E-state index in [0.717, 1.165) is 19.4 Å². The van der Waals surface area contributed by atoms with E-state index < -0.39 is 0 Å². The van der Waals surface area contributed by atoms with Crippen molar-refractivity contribution in [2.45, 2.75) is 64.0 Å². The molecule has 1 fully saturated rings. The third kappa shape index (κ3) is 4.10. The van der Waals surface area contributed by atoms with Crippen LogP contribution in [-0.4, -0.2) is 17.7 Å². The minimum atomic E-state index is -0.0518. The smallest absolute Gasteiger partial charge is 0.0653 e. The summed E-state index contributed by atoms with van der Waals surface area (Å²) in [5, 5.41) is 0. The van der Waals surface area contributed by atoms with Crippen LogP contribution < -0.4 is 5.73 Å². The molecule has 0 unspecified atom stereocenters. The summed E-state index contributed by atoms with van der Waals surface area (Å²) in [7, 11) is 0. The van der Waals surface area contributed by atoms with Crippen LogP contribution in [0.5, 0.6) is 0 Å². The highest BCUT2D eigenvalue weighted by Crippen LogP contribution is 2.27. The normalized spacial score (nSPS) is 23.1. The fourth-order valence-corrected chi connectivity index (χ4v) is 1.76. The summed E-state index contributed by atoms with van der Waals surface area (Å²) in [5.41, 5.74) is 6.15. The van der Waals surface area contributed by atoms with Crippen LogP contribution in [0.2, 0.25) is 0 Å². The maximum absolute atomic E-state index is 6.24. The van der Waals surface area contributed by atoms with Gasteiger partial charge in [0, 0.05) is 5.54 Å². The molecule has 0 aromatic carbocycles. The van der Waals surface area contributed by atoms with E-state index in [-0.39, 0.29) is 11.1 Å². The van der Waals surface area contributed by atoms with Crippen molar-refractivity contribution >= 4 is 0 Å². The molecule has 0 saturated heterocycles. The number of ether oxygens (including phenoxy) is 1. The predicted molar refractivity (Wildman–Crippen MR) is 55.7 cm³/mol. The molecule has 0 bridgehead atoms. The first kappa shape index (κ1) is 11.0. The molecule has 0 aromatic rings. The largest absolute Gasteiger partial charge is 0.374 e. The van der Waals surface area contributed by atoms with Crippen molar-refractivity contribution in [2.75, 3.05) is 6.61 Å². The molecule has 0 aromatic heterocycles. The topological polar surface area (TPSA) is 35.2 Å². The van der Waals surface area contributed by atoms with Gasteiger partial charge >= 0.3 is 0 Å². The molecule has 0 radical (unpaired) electrons. The van der Waals surface area contributed by atoms with E-state index in [2.05, 4.69) is 20.8 Å². The standard InChI is InChI=1S/C11H23NO/c1-10(2,3)13-9-11(12)7-5-4-6-8-11/h4-9,12H2,1-3H3. The Kier molecular flexibility index (Phi) is 3.36. The molecule has 13 heavy (non-hydrogen) atoms. The molecular formula is C11H23NO. The zero-order chi connectivity index (χ0) is 9.95. The van der Waals surface area contributed by atoms with Crippen LogP contribution >= 0.6 is 0 Å². The Morgan fingerprint density at radius 1 is 1.15 bits per heavy atom. The van der Waals surface area contributed by atoms with E-state index in [4.69, 9.17) is 10.5 Å². The first-order valence-electron chi connectivity index (χ1n) is 5.34. The van der Waals surface area contributed by atoms with Crippen LogP contribution in [0.3, 0.4) is 0 Å². The van der Waals surface area contributed by atoms with Gasteiger partial charge in [-0.15, -0.1) is 0 Å². The van der Waals surface area contributed by atoms with E-state index in [1.807, 2.05) is 0 Å². The lowest BCUT2D eigenvalue weighted by Gasteiger charge is -2.35. The molecule has 0 heterocycles. The number of hydrogen-bond donors (Lipinski definition) is 1. The second kappa shape index (κ2) is 3.97. The Balaban J connectivity index is 2.33. The van der Waals surface area contributed by atoms with Crippen molar-refractivity contribution in [2.24, 2.45) is 5.73 Å². The molecule has 1 saturated carbocycles. The molecule has 0 spiro atoms. The Bertz CT molecular complexity index is 154. The van der Waals surface area contributed by atoms with Crippen LogP contribution in [0.1, 0.15) is 52.9 Å². The highest BCUT2D eigenvalue weighted by Gasteiger charge is 2.29. The van der Waals surface area contributed by atoms with Crippen LogP contribution in [0, 0.1) is 0 Å². The van der Waals surface area contributed by atoms with Gasteiger partial charge in [-0.05, 0) is 33.6 Å². The number of nitrogens with two attached hydrogens (primary N) is 1. The summed E-state index contributed by atoms with van der Waals surface area (Å²) in [6.07, 6.45) is 6.13. The van der Waals surface area contributed by atoms with Crippen molar-refractivity contribution in [3.63, 3.8) is 0 Å². The Morgan fingerprint density at radius 3 is 2.15 bits per heavy atom. The second-order valence-corrected chi connectivity index (χ2v) is 5.32. The molecular weight excluding hydrogens is 162 g/mol. The Labute approximate surface area is 81.8 Å². The third-order valence-electron chi connectivity index (χ3n) is 2.64. The summed E-state index contributed by atoms with van der Waals surface area (Å²) < 4.78 is 5.75. The zero-order valence-electron chi connectivity index (χ0n) is 9.23. The third-order valence-corrected chi connectivity index (χ3v) is 2.64. The summed E-state index contributed by atoms with van der Waals surface area (Å²) in [6, 6.07) is 0. The molecule has 1 rings (SSSR count). The summed E-state index contributed by atoms with van der Waals surface area (Å²) in [6.45, 7) is 6.97. The molecule has 78 valence electrons. The van der Waals surface area contributed by atoms with E-state index in [0.29, 0.717) is 0 Å². The van der Waals surface area contributed by atoms with Crippen LogP contribution in [0.15, 0.2) is 0 Å². The molecule has 0 amide bonds. The van der Waals surface area contributed by atoms with Gasteiger partial charge in [-0.3, -0.25) is 0 Å². The van der Waals surface area contributed by atoms with Gasteiger partial charge in [0.25, 0.3) is 0 Å². The van der Waals surface area contributed by atoms with E-state index in [1.165, 1.54) is 19.3 Å². The highest BCUT2D eigenvalue weighted by atomic mass is 16.5. The molecule has 2 heteroatoms. The van der Waals surface area contributed by atoms with Crippen molar-refractivity contribution < 1.29 is 4.74 Å². The average Bonchev–Trinajstić information content (AvgIpc) is 2.02. The van der Waals surface area contributed by atoms with Crippen LogP contribution in [-0.2, 0) is 4.74 Å². The molecule has 1 aliphatic carbocycles.